The highest BCUT2D eigenvalue weighted by molar-refractivity contribution is 6.42. The summed E-state index contributed by atoms with van der Waals surface area (Å²) in [5, 5.41) is 3.60. The standard InChI is InChI=1S/C20H19Cl2NO3/c1-12-4-5-13(2)18(10-12)23-20(25)14(3)26-19(24)9-7-15-6-8-16(21)17(22)11-15/h4-11,14H,1-3H3,(H,23,25)/b9-7+. The van der Waals surface area contributed by atoms with Crippen molar-refractivity contribution in [3.8, 4) is 0 Å². The molecule has 2 aromatic rings. The smallest absolute Gasteiger partial charge is 0.331 e. The van der Waals surface area contributed by atoms with E-state index in [0.29, 0.717) is 21.3 Å². The van der Waals surface area contributed by atoms with Crippen LogP contribution in [0.3, 0.4) is 0 Å². The van der Waals surface area contributed by atoms with Gasteiger partial charge in [0.15, 0.2) is 6.10 Å². The Morgan fingerprint density at radius 2 is 1.81 bits per heavy atom. The maximum atomic E-state index is 12.2. The number of ether oxygens (including phenoxy) is 1. The zero-order valence-corrected chi connectivity index (χ0v) is 16.2. The Kier molecular flexibility index (Phi) is 6.83. The molecule has 1 N–H and O–H groups in total. The minimum Gasteiger partial charge on any atom is -0.449 e. The quantitative estimate of drug-likeness (QED) is 0.563. The highest BCUT2D eigenvalue weighted by Gasteiger charge is 2.17. The first kappa shape index (κ1) is 20.0. The number of halogens is 2. The van der Waals surface area contributed by atoms with E-state index in [1.165, 1.54) is 13.0 Å². The Morgan fingerprint density at radius 3 is 2.50 bits per heavy atom. The summed E-state index contributed by atoms with van der Waals surface area (Å²) < 4.78 is 5.13. The van der Waals surface area contributed by atoms with Crippen molar-refractivity contribution in [1.29, 1.82) is 0 Å². The molecule has 0 aliphatic carbocycles. The number of rotatable bonds is 5. The van der Waals surface area contributed by atoms with Gasteiger partial charge in [-0.25, -0.2) is 4.79 Å². The van der Waals surface area contributed by atoms with Crippen LogP contribution in [-0.4, -0.2) is 18.0 Å². The van der Waals surface area contributed by atoms with Crippen molar-refractivity contribution in [3.63, 3.8) is 0 Å². The minimum atomic E-state index is -0.930. The van der Waals surface area contributed by atoms with Gasteiger partial charge in [-0.3, -0.25) is 4.79 Å². The molecule has 0 saturated heterocycles. The van der Waals surface area contributed by atoms with Gasteiger partial charge in [-0.2, -0.15) is 0 Å². The van der Waals surface area contributed by atoms with Crippen LogP contribution in [0.4, 0.5) is 5.69 Å². The predicted octanol–water partition coefficient (Wildman–Crippen LogP) is 5.19. The second kappa shape index (κ2) is 8.88. The highest BCUT2D eigenvalue weighted by Crippen LogP contribution is 2.23. The largest absolute Gasteiger partial charge is 0.449 e. The van der Waals surface area contributed by atoms with Gasteiger partial charge in [0.2, 0.25) is 0 Å². The molecule has 0 saturated carbocycles. The lowest BCUT2D eigenvalue weighted by Gasteiger charge is -2.14. The van der Waals surface area contributed by atoms with E-state index in [2.05, 4.69) is 5.32 Å². The number of carbonyl (C=O) groups is 2. The van der Waals surface area contributed by atoms with E-state index in [-0.39, 0.29) is 0 Å². The van der Waals surface area contributed by atoms with E-state index in [9.17, 15) is 9.59 Å². The molecule has 2 aromatic carbocycles. The molecule has 0 fully saturated rings. The maximum absolute atomic E-state index is 12.2. The second-order valence-corrected chi connectivity index (χ2v) is 6.71. The van der Waals surface area contributed by atoms with Crippen molar-refractivity contribution >= 4 is 46.8 Å². The average Bonchev–Trinajstić information content (AvgIpc) is 2.59. The van der Waals surface area contributed by atoms with Crippen LogP contribution < -0.4 is 5.32 Å². The number of hydrogen-bond acceptors (Lipinski definition) is 3. The normalized spacial score (nSPS) is 12.0. The zero-order valence-electron chi connectivity index (χ0n) is 14.7. The first-order valence-corrected chi connectivity index (χ1v) is 8.73. The fraction of sp³-hybridized carbons (Fsp3) is 0.200. The van der Waals surface area contributed by atoms with E-state index in [1.807, 2.05) is 32.0 Å². The van der Waals surface area contributed by atoms with Crippen molar-refractivity contribution in [2.24, 2.45) is 0 Å². The molecule has 1 unspecified atom stereocenters. The van der Waals surface area contributed by atoms with Gasteiger partial charge in [0.05, 0.1) is 10.0 Å². The van der Waals surface area contributed by atoms with Gasteiger partial charge < -0.3 is 10.1 Å². The lowest BCUT2D eigenvalue weighted by molar-refractivity contribution is -0.148. The lowest BCUT2D eigenvalue weighted by Crippen LogP contribution is -2.29. The number of esters is 1. The predicted molar refractivity (Wildman–Crippen MR) is 106 cm³/mol. The van der Waals surface area contributed by atoms with Crippen molar-refractivity contribution in [1.82, 2.24) is 0 Å². The van der Waals surface area contributed by atoms with Crippen LogP contribution in [0.15, 0.2) is 42.5 Å². The molecule has 1 amide bonds. The summed E-state index contributed by atoms with van der Waals surface area (Å²) in [5.74, 6) is -1.02. The van der Waals surface area contributed by atoms with Crippen molar-refractivity contribution in [2.75, 3.05) is 5.32 Å². The number of anilines is 1. The monoisotopic (exact) mass is 391 g/mol. The molecule has 0 heterocycles. The van der Waals surface area contributed by atoms with Gasteiger partial charge in [0, 0.05) is 11.8 Å². The zero-order chi connectivity index (χ0) is 19.3. The second-order valence-electron chi connectivity index (χ2n) is 5.89. The molecule has 1 atom stereocenters. The van der Waals surface area contributed by atoms with E-state index in [1.54, 1.807) is 24.3 Å². The average molecular weight is 392 g/mol. The Hall–Kier alpha value is -2.30. The summed E-state index contributed by atoms with van der Waals surface area (Å²) in [6.45, 7) is 5.35. The Bertz CT molecular complexity index is 862. The Balaban J connectivity index is 1.95. The molecule has 0 radical (unpaired) electrons. The summed E-state index contributed by atoms with van der Waals surface area (Å²) in [5.41, 5.74) is 3.36. The van der Waals surface area contributed by atoms with E-state index in [4.69, 9.17) is 27.9 Å². The van der Waals surface area contributed by atoms with Crippen LogP contribution in [0.5, 0.6) is 0 Å². The molecule has 136 valence electrons. The molecular weight excluding hydrogens is 373 g/mol. The summed E-state index contributed by atoms with van der Waals surface area (Å²) >= 11 is 11.8. The van der Waals surface area contributed by atoms with Crippen LogP contribution in [0.1, 0.15) is 23.6 Å². The van der Waals surface area contributed by atoms with Gasteiger partial charge in [-0.05, 0) is 61.7 Å². The number of benzene rings is 2. The topological polar surface area (TPSA) is 55.4 Å². The first-order chi connectivity index (χ1) is 12.3. The fourth-order valence-electron chi connectivity index (χ4n) is 2.15. The van der Waals surface area contributed by atoms with Gasteiger partial charge in [0.1, 0.15) is 0 Å². The summed E-state index contributed by atoms with van der Waals surface area (Å²) in [7, 11) is 0. The SMILES string of the molecule is Cc1ccc(C)c(NC(=O)C(C)OC(=O)/C=C/c2ccc(Cl)c(Cl)c2)c1. The van der Waals surface area contributed by atoms with E-state index >= 15 is 0 Å². The molecule has 4 nitrogen and oxygen atoms in total. The molecule has 0 aromatic heterocycles. The molecular formula is C20H19Cl2NO3. The Labute approximate surface area is 162 Å². The van der Waals surface area contributed by atoms with Crippen LogP contribution in [0.25, 0.3) is 6.08 Å². The van der Waals surface area contributed by atoms with Crippen LogP contribution in [0.2, 0.25) is 10.0 Å². The van der Waals surface area contributed by atoms with Gasteiger partial charge in [-0.15, -0.1) is 0 Å². The van der Waals surface area contributed by atoms with Crippen molar-refractivity contribution in [2.45, 2.75) is 26.9 Å². The molecule has 0 aliphatic heterocycles. The number of hydrogen-bond donors (Lipinski definition) is 1. The third kappa shape index (κ3) is 5.61. The molecule has 26 heavy (non-hydrogen) atoms. The molecule has 0 bridgehead atoms. The van der Waals surface area contributed by atoms with E-state index < -0.39 is 18.0 Å². The van der Waals surface area contributed by atoms with Gasteiger partial charge in [-0.1, -0.05) is 41.4 Å². The third-order valence-corrected chi connectivity index (χ3v) is 4.41. The van der Waals surface area contributed by atoms with Crippen LogP contribution in [0, 0.1) is 13.8 Å². The van der Waals surface area contributed by atoms with Crippen LogP contribution >= 0.6 is 23.2 Å². The fourth-order valence-corrected chi connectivity index (χ4v) is 2.46. The van der Waals surface area contributed by atoms with Crippen LogP contribution in [-0.2, 0) is 14.3 Å². The minimum absolute atomic E-state index is 0.392. The number of nitrogens with one attached hydrogen (secondary N) is 1. The van der Waals surface area contributed by atoms with Gasteiger partial charge in [0.25, 0.3) is 5.91 Å². The molecule has 0 spiro atoms. The highest BCUT2D eigenvalue weighted by atomic mass is 35.5. The number of amides is 1. The van der Waals surface area contributed by atoms with E-state index in [0.717, 1.165) is 11.1 Å². The third-order valence-electron chi connectivity index (χ3n) is 3.67. The molecule has 0 aliphatic rings. The van der Waals surface area contributed by atoms with Crippen molar-refractivity contribution < 1.29 is 14.3 Å². The molecule has 2 rings (SSSR count). The maximum Gasteiger partial charge on any atom is 0.331 e. The first-order valence-electron chi connectivity index (χ1n) is 7.98. The summed E-state index contributed by atoms with van der Waals surface area (Å²) in [4.78, 5) is 24.1. The number of carbonyl (C=O) groups excluding carboxylic acids is 2. The van der Waals surface area contributed by atoms with Crippen molar-refractivity contribution in [3.05, 3.63) is 69.2 Å². The molecule has 6 heteroatoms. The Morgan fingerprint density at radius 1 is 1.08 bits per heavy atom. The lowest BCUT2D eigenvalue weighted by atomic mass is 10.1. The van der Waals surface area contributed by atoms with Gasteiger partial charge >= 0.3 is 5.97 Å². The number of aryl methyl sites for hydroxylation is 2. The summed E-state index contributed by atoms with van der Waals surface area (Å²) in [6.07, 6.45) is 1.85. The summed E-state index contributed by atoms with van der Waals surface area (Å²) in [6, 6.07) is 10.7.